The minimum absolute atomic E-state index is 0.118. The Hall–Kier alpha value is -1.44. The Balaban J connectivity index is 2.11. The van der Waals surface area contributed by atoms with Crippen LogP contribution in [0.3, 0.4) is 0 Å². The van der Waals surface area contributed by atoms with Crippen LogP contribution in [0, 0.1) is 0 Å². The summed E-state index contributed by atoms with van der Waals surface area (Å²) in [7, 11) is -3.68. The predicted molar refractivity (Wildman–Crippen MR) is 76.5 cm³/mol. The van der Waals surface area contributed by atoms with E-state index < -0.39 is 10.0 Å². The van der Waals surface area contributed by atoms with Gasteiger partial charge in [0.1, 0.15) is 0 Å². The second-order valence-electron chi connectivity index (χ2n) is 4.26. The Morgan fingerprint density at radius 2 is 2.26 bits per heavy atom. The molecular weight excluding hydrogens is 282 g/mol. The summed E-state index contributed by atoms with van der Waals surface area (Å²) in [5.74, 6) is 0. The first-order valence-corrected chi connectivity index (χ1v) is 8.15. The summed E-state index contributed by atoms with van der Waals surface area (Å²) >= 11 is 1.59. The predicted octanol–water partition coefficient (Wildman–Crippen LogP) is 1.63. The second kappa shape index (κ2) is 5.68. The number of aromatic nitrogens is 1. The molecular formula is C12H15N3O2S2. The van der Waals surface area contributed by atoms with Gasteiger partial charge in [0.05, 0.1) is 5.69 Å². The molecule has 2 aromatic rings. The summed E-state index contributed by atoms with van der Waals surface area (Å²) < 4.78 is 26.9. The van der Waals surface area contributed by atoms with E-state index in [1.165, 1.54) is 12.3 Å². The molecule has 7 heteroatoms. The number of nitrogens with two attached hydrogens (primary N) is 1. The molecule has 3 N–H and O–H groups in total. The van der Waals surface area contributed by atoms with Gasteiger partial charge in [-0.25, -0.2) is 18.1 Å². The molecule has 5 nitrogen and oxygen atoms in total. The van der Waals surface area contributed by atoms with Gasteiger partial charge in [0.15, 0.2) is 5.03 Å². The molecule has 19 heavy (non-hydrogen) atoms. The van der Waals surface area contributed by atoms with Crippen molar-refractivity contribution >= 4 is 27.0 Å². The third kappa shape index (κ3) is 3.52. The summed E-state index contributed by atoms with van der Waals surface area (Å²) in [5.41, 5.74) is 6.89. The number of nitrogens with zero attached hydrogens (tertiary/aromatic N) is 1. The largest absolute Gasteiger partial charge is 0.396 e. The summed E-state index contributed by atoms with van der Waals surface area (Å²) in [6, 6.07) is 4.87. The van der Waals surface area contributed by atoms with Crippen molar-refractivity contribution in [2.45, 2.75) is 24.4 Å². The topological polar surface area (TPSA) is 85.1 Å². The number of nitrogens with one attached hydrogen (secondary N) is 1. The van der Waals surface area contributed by atoms with E-state index in [1.54, 1.807) is 17.4 Å². The van der Waals surface area contributed by atoms with Crippen molar-refractivity contribution in [3.8, 4) is 0 Å². The Morgan fingerprint density at radius 1 is 1.47 bits per heavy atom. The fourth-order valence-corrected chi connectivity index (χ4v) is 3.74. The zero-order chi connectivity index (χ0) is 13.9. The Labute approximate surface area is 116 Å². The van der Waals surface area contributed by atoms with E-state index >= 15 is 0 Å². The van der Waals surface area contributed by atoms with Crippen LogP contribution in [-0.2, 0) is 16.4 Å². The smallest absolute Gasteiger partial charge is 0.260 e. The minimum Gasteiger partial charge on any atom is -0.396 e. The molecule has 0 aromatic carbocycles. The van der Waals surface area contributed by atoms with E-state index in [4.69, 9.17) is 5.73 Å². The van der Waals surface area contributed by atoms with Gasteiger partial charge < -0.3 is 5.73 Å². The van der Waals surface area contributed by atoms with E-state index in [1.807, 2.05) is 23.8 Å². The minimum atomic E-state index is -3.68. The molecule has 2 heterocycles. The molecule has 0 amide bonds. The monoisotopic (exact) mass is 297 g/mol. The SMILES string of the molecule is CC(Cc1ccsc1)NS(=O)(=O)c1ncccc1N. The first-order valence-electron chi connectivity index (χ1n) is 5.73. The lowest BCUT2D eigenvalue weighted by molar-refractivity contribution is 0.557. The summed E-state index contributed by atoms with van der Waals surface area (Å²) in [6.45, 7) is 1.81. The standard InChI is InChI=1S/C12H15N3O2S2/c1-9(7-10-4-6-18-8-10)15-19(16,17)12-11(13)3-2-5-14-12/h2-6,8-9,15H,7,13H2,1H3. The molecule has 2 rings (SSSR count). The Bertz CT molecular complexity index is 639. The lowest BCUT2D eigenvalue weighted by Gasteiger charge is -2.13. The number of pyridine rings is 1. The molecule has 1 atom stereocenters. The molecule has 0 radical (unpaired) electrons. The molecule has 0 fully saturated rings. The molecule has 0 saturated carbocycles. The molecule has 0 aliphatic rings. The first-order chi connectivity index (χ1) is 8.99. The van der Waals surface area contributed by atoms with E-state index in [-0.39, 0.29) is 16.8 Å². The number of hydrogen-bond donors (Lipinski definition) is 2. The second-order valence-corrected chi connectivity index (χ2v) is 6.67. The first kappa shape index (κ1) is 14.0. The maximum atomic E-state index is 12.1. The normalized spacial score (nSPS) is 13.3. The molecule has 0 aliphatic carbocycles. The van der Waals surface area contributed by atoms with Crippen LogP contribution in [0.15, 0.2) is 40.2 Å². The zero-order valence-corrected chi connectivity index (χ0v) is 12.0. The van der Waals surface area contributed by atoms with E-state index in [2.05, 4.69) is 9.71 Å². The number of nitrogen functional groups attached to an aromatic ring is 1. The zero-order valence-electron chi connectivity index (χ0n) is 10.4. The van der Waals surface area contributed by atoms with Gasteiger partial charge in [0.2, 0.25) is 0 Å². The molecule has 2 aromatic heterocycles. The van der Waals surface area contributed by atoms with Crippen LogP contribution in [0.2, 0.25) is 0 Å². The highest BCUT2D eigenvalue weighted by atomic mass is 32.2. The van der Waals surface area contributed by atoms with E-state index in [0.29, 0.717) is 6.42 Å². The van der Waals surface area contributed by atoms with Crippen LogP contribution in [0.5, 0.6) is 0 Å². The van der Waals surface area contributed by atoms with Crippen LogP contribution < -0.4 is 10.5 Å². The lowest BCUT2D eigenvalue weighted by atomic mass is 10.1. The summed E-state index contributed by atoms with van der Waals surface area (Å²) in [6.07, 6.45) is 2.05. The third-order valence-electron chi connectivity index (χ3n) is 2.53. The third-order valence-corrected chi connectivity index (χ3v) is 4.83. The average Bonchev–Trinajstić information content (AvgIpc) is 2.81. The number of sulfonamides is 1. The van der Waals surface area contributed by atoms with Crippen molar-refractivity contribution in [2.75, 3.05) is 5.73 Å². The highest BCUT2D eigenvalue weighted by Gasteiger charge is 2.21. The van der Waals surface area contributed by atoms with Gasteiger partial charge in [-0.2, -0.15) is 11.3 Å². The van der Waals surface area contributed by atoms with Gasteiger partial charge in [-0.15, -0.1) is 0 Å². The maximum Gasteiger partial charge on any atom is 0.260 e. The van der Waals surface area contributed by atoms with Gasteiger partial charge in [0.25, 0.3) is 10.0 Å². The number of thiophene rings is 1. The molecule has 102 valence electrons. The van der Waals surface area contributed by atoms with Crippen LogP contribution in [0.25, 0.3) is 0 Å². The van der Waals surface area contributed by atoms with Crippen LogP contribution in [0.1, 0.15) is 12.5 Å². The fourth-order valence-electron chi connectivity index (χ4n) is 1.75. The number of hydrogen-bond acceptors (Lipinski definition) is 5. The van der Waals surface area contributed by atoms with Crippen LogP contribution in [-0.4, -0.2) is 19.4 Å². The van der Waals surface area contributed by atoms with Gasteiger partial charge in [-0.1, -0.05) is 0 Å². The molecule has 0 aliphatic heterocycles. The Morgan fingerprint density at radius 3 is 2.89 bits per heavy atom. The molecule has 1 unspecified atom stereocenters. The molecule has 0 bridgehead atoms. The van der Waals surface area contributed by atoms with Crippen molar-refractivity contribution in [1.29, 1.82) is 0 Å². The Kier molecular flexibility index (Phi) is 4.18. The van der Waals surface area contributed by atoms with Crippen molar-refractivity contribution < 1.29 is 8.42 Å². The van der Waals surface area contributed by atoms with E-state index in [9.17, 15) is 8.42 Å². The molecule has 0 saturated heterocycles. The van der Waals surface area contributed by atoms with Crippen LogP contribution >= 0.6 is 11.3 Å². The van der Waals surface area contributed by atoms with Crippen LogP contribution in [0.4, 0.5) is 5.69 Å². The number of anilines is 1. The van der Waals surface area contributed by atoms with Gasteiger partial charge in [0, 0.05) is 12.2 Å². The lowest BCUT2D eigenvalue weighted by Crippen LogP contribution is -2.34. The van der Waals surface area contributed by atoms with Gasteiger partial charge in [-0.05, 0) is 47.9 Å². The van der Waals surface area contributed by atoms with Gasteiger partial charge in [-0.3, -0.25) is 0 Å². The van der Waals surface area contributed by atoms with E-state index in [0.717, 1.165) is 5.56 Å². The van der Waals surface area contributed by atoms with Crippen molar-refractivity contribution in [3.63, 3.8) is 0 Å². The molecule has 0 spiro atoms. The highest BCUT2D eigenvalue weighted by molar-refractivity contribution is 7.89. The number of rotatable bonds is 5. The quantitative estimate of drug-likeness (QED) is 0.878. The maximum absolute atomic E-state index is 12.1. The highest BCUT2D eigenvalue weighted by Crippen LogP contribution is 2.15. The van der Waals surface area contributed by atoms with Crippen molar-refractivity contribution in [2.24, 2.45) is 0 Å². The average molecular weight is 297 g/mol. The van der Waals surface area contributed by atoms with Gasteiger partial charge >= 0.3 is 0 Å². The fraction of sp³-hybridized carbons (Fsp3) is 0.250. The van der Waals surface area contributed by atoms with Crippen molar-refractivity contribution in [1.82, 2.24) is 9.71 Å². The summed E-state index contributed by atoms with van der Waals surface area (Å²) in [4.78, 5) is 3.83. The van der Waals surface area contributed by atoms with Crippen molar-refractivity contribution in [3.05, 3.63) is 40.7 Å². The summed E-state index contributed by atoms with van der Waals surface area (Å²) in [5, 5.41) is 3.85.